The van der Waals surface area contributed by atoms with Gasteiger partial charge in [0.15, 0.2) is 0 Å². The summed E-state index contributed by atoms with van der Waals surface area (Å²) in [6.45, 7) is 0. The Hall–Kier alpha value is -1.59. The molecule has 4 nitrogen and oxygen atoms in total. The predicted octanol–water partition coefficient (Wildman–Crippen LogP) is 2.70. The summed E-state index contributed by atoms with van der Waals surface area (Å²) >= 11 is 5.77. The van der Waals surface area contributed by atoms with Gasteiger partial charge in [-0.1, -0.05) is 23.7 Å². The molecule has 0 atom stereocenters. The largest absolute Gasteiger partial charge is 0.271 e. The molecule has 0 aliphatic rings. The SMILES string of the molecule is CN(c1cccnc1)S(=O)(=O)Cc1ccc(Cl)cc1. The Morgan fingerprint density at radius 1 is 1.21 bits per heavy atom. The number of anilines is 1. The monoisotopic (exact) mass is 296 g/mol. The lowest BCUT2D eigenvalue weighted by Crippen LogP contribution is -2.27. The highest BCUT2D eigenvalue weighted by molar-refractivity contribution is 7.92. The highest BCUT2D eigenvalue weighted by atomic mass is 35.5. The van der Waals surface area contributed by atoms with Crippen LogP contribution in [0.4, 0.5) is 5.69 Å². The third-order valence-electron chi connectivity index (χ3n) is 2.69. The highest BCUT2D eigenvalue weighted by Gasteiger charge is 2.19. The Morgan fingerprint density at radius 2 is 1.89 bits per heavy atom. The van der Waals surface area contributed by atoms with Gasteiger partial charge in [-0.3, -0.25) is 9.29 Å². The van der Waals surface area contributed by atoms with E-state index >= 15 is 0 Å². The van der Waals surface area contributed by atoms with Crippen molar-refractivity contribution in [2.24, 2.45) is 0 Å². The van der Waals surface area contributed by atoms with Crippen molar-refractivity contribution in [1.82, 2.24) is 4.98 Å². The Balaban J connectivity index is 2.21. The van der Waals surface area contributed by atoms with Crippen LogP contribution in [0.15, 0.2) is 48.8 Å². The lowest BCUT2D eigenvalue weighted by atomic mass is 10.2. The van der Waals surface area contributed by atoms with Gasteiger partial charge in [-0.05, 0) is 29.8 Å². The lowest BCUT2D eigenvalue weighted by Gasteiger charge is -2.18. The van der Waals surface area contributed by atoms with Crippen LogP contribution in [-0.4, -0.2) is 20.4 Å². The Labute approximate surface area is 117 Å². The molecule has 1 aromatic carbocycles. The smallest absolute Gasteiger partial charge is 0.239 e. The summed E-state index contributed by atoms with van der Waals surface area (Å²) in [4.78, 5) is 3.91. The molecule has 0 radical (unpaired) electrons. The maximum atomic E-state index is 12.3. The van der Waals surface area contributed by atoms with Crippen LogP contribution >= 0.6 is 11.6 Å². The Morgan fingerprint density at radius 3 is 2.47 bits per heavy atom. The summed E-state index contributed by atoms with van der Waals surface area (Å²) < 4.78 is 25.7. The summed E-state index contributed by atoms with van der Waals surface area (Å²) in [5, 5.41) is 0.585. The second kappa shape index (κ2) is 5.59. The first-order chi connectivity index (χ1) is 8.99. The minimum Gasteiger partial charge on any atom is -0.271 e. The van der Waals surface area contributed by atoms with Crippen LogP contribution in [0.2, 0.25) is 5.02 Å². The molecule has 2 aromatic rings. The average molecular weight is 297 g/mol. The minimum absolute atomic E-state index is 0.0738. The highest BCUT2D eigenvalue weighted by Crippen LogP contribution is 2.18. The molecule has 0 aliphatic carbocycles. The molecule has 0 saturated heterocycles. The van der Waals surface area contributed by atoms with E-state index in [2.05, 4.69) is 4.98 Å². The van der Waals surface area contributed by atoms with Gasteiger partial charge in [0.1, 0.15) is 0 Å². The summed E-state index contributed by atoms with van der Waals surface area (Å²) in [5.74, 6) is -0.0738. The van der Waals surface area contributed by atoms with Gasteiger partial charge in [0.2, 0.25) is 10.0 Å². The Bertz CT molecular complexity index is 642. The number of sulfonamides is 1. The molecule has 1 heterocycles. The first-order valence-corrected chi connectivity index (χ1v) is 7.59. The van der Waals surface area contributed by atoms with E-state index in [9.17, 15) is 8.42 Å². The van der Waals surface area contributed by atoms with Crippen molar-refractivity contribution in [3.63, 3.8) is 0 Å². The van der Waals surface area contributed by atoms with E-state index in [1.807, 2.05) is 0 Å². The molecule has 6 heteroatoms. The molecule has 0 unspecified atom stereocenters. The maximum absolute atomic E-state index is 12.3. The Kier molecular flexibility index (Phi) is 4.07. The van der Waals surface area contributed by atoms with Crippen molar-refractivity contribution in [2.45, 2.75) is 5.75 Å². The van der Waals surface area contributed by atoms with Crippen molar-refractivity contribution >= 4 is 27.3 Å². The second-order valence-corrected chi connectivity index (χ2v) is 6.50. The van der Waals surface area contributed by atoms with Crippen molar-refractivity contribution < 1.29 is 8.42 Å². The van der Waals surface area contributed by atoms with Gasteiger partial charge in [0.05, 0.1) is 17.6 Å². The third-order valence-corrected chi connectivity index (χ3v) is 4.68. The zero-order chi connectivity index (χ0) is 13.9. The molecular formula is C13H13ClN2O2S. The summed E-state index contributed by atoms with van der Waals surface area (Å²) in [5.41, 5.74) is 1.23. The molecule has 0 saturated carbocycles. The van der Waals surface area contributed by atoms with Gasteiger partial charge in [0.25, 0.3) is 0 Å². The average Bonchev–Trinajstić information content (AvgIpc) is 2.41. The maximum Gasteiger partial charge on any atom is 0.239 e. The molecule has 0 spiro atoms. The fourth-order valence-electron chi connectivity index (χ4n) is 1.59. The van der Waals surface area contributed by atoms with E-state index in [-0.39, 0.29) is 5.75 Å². The van der Waals surface area contributed by atoms with Crippen molar-refractivity contribution in [3.05, 3.63) is 59.4 Å². The summed E-state index contributed by atoms with van der Waals surface area (Å²) in [7, 11) is -1.91. The fourth-order valence-corrected chi connectivity index (χ4v) is 2.95. The summed E-state index contributed by atoms with van der Waals surface area (Å²) in [6.07, 6.45) is 3.11. The lowest BCUT2D eigenvalue weighted by molar-refractivity contribution is 0.593. The van der Waals surface area contributed by atoms with E-state index in [1.54, 1.807) is 42.6 Å². The minimum atomic E-state index is -3.43. The molecule has 0 aliphatic heterocycles. The van der Waals surface area contributed by atoms with Gasteiger partial charge < -0.3 is 0 Å². The van der Waals surface area contributed by atoms with Crippen LogP contribution < -0.4 is 4.31 Å². The molecule has 100 valence electrons. The quantitative estimate of drug-likeness (QED) is 0.871. The van der Waals surface area contributed by atoms with E-state index in [0.717, 1.165) is 0 Å². The van der Waals surface area contributed by atoms with Gasteiger partial charge in [-0.25, -0.2) is 8.42 Å². The molecule has 0 fully saturated rings. The third kappa shape index (κ3) is 3.45. The standard InChI is InChI=1S/C13H13ClN2O2S/c1-16(13-3-2-8-15-9-13)19(17,18)10-11-4-6-12(14)7-5-11/h2-9H,10H2,1H3. The number of pyridine rings is 1. The topological polar surface area (TPSA) is 50.3 Å². The van der Waals surface area contributed by atoms with Gasteiger partial charge >= 0.3 is 0 Å². The van der Waals surface area contributed by atoms with Gasteiger partial charge in [-0.15, -0.1) is 0 Å². The van der Waals surface area contributed by atoms with Crippen LogP contribution in [0, 0.1) is 0 Å². The first-order valence-electron chi connectivity index (χ1n) is 5.60. The van der Waals surface area contributed by atoms with E-state index in [0.29, 0.717) is 16.3 Å². The number of rotatable bonds is 4. The molecule has 0 bridgehead atoms. The summed E-state index contributed by atoms with van der Waals surface area (Å²) in [6, 6.07) is 10.2. The van der Waals surface area contributed by atoms with Crippen LogP contribution in [0.5, 0.6) is 0 Å². The number of nitrogens with zero attached hydrogens (tertiary/aromatic N) is 2. The van der Waals surface area contributed by atoms with Crippen LogP contribution in [0.3, 0.4) is 0 Å². The van der Waals surface area contributed by atoms with Gasteiger partial charge in [0, 0.05) is 18.3 Å². The fraction of sp³-hybridized carbons (Fsp3) is 0.154. The normalized spacial score (nSPS) is 11.3. The van der Waals surface area contributed by atoms with Crippen LogP contribution in [0.25, 0.3) is 0 Å². The van der Waals surface area contributed by atoms with Crippen molar-refractivity contribution in [3.8, 4) is 0 Å². The van der Waals surface area contributed by atoms with E-state index < -0.39 is 10.0 Å². The van der Waals surface area contributed by atoms with Crippen LogP contribution in [0.1, 0.15) is 5.56 Å². The number of hydrogen-bond donors (Lipinski definition) is 0. The van der Waals surface area contributed by atoms with E-state index in [1.165, 1.54) is 17.5 Å². The number of halogens is 1. The van der Waals surface area contributed by atoms with Crippen molar-refractivity contribution in [1.29, 1.82) is 0 Å². The van der Waals surface area contributed by atoms with Crippen LogP contribution in [-0.2, 0) is 15.8 Å². The van der Waals surface area contributed by atoms with Crippen molar-refractivity contribution in [2.75, 3.05) is 11.4 Å². The molecular weight excluding hydrogens is 284 g/mol. The molecule has 1 aromatic heterocycles. The molecule has 2 rings (SSSR count). The second-order valence-electron chi connectivity index (χ2n) is 4.06. The number of benzene rings is 1. The zero-order valence-electron chi connectivity index (χ0n) is 10.3. The molecule has 0 amide bonds. The predicted molar refractivity (Wildman–Crippen MR) is 76.7 cm³/mol. The van der Waals surface area contributed by atoms with E-state index in [4.69, 9.17) is 11.6 Å². The number of aromatic nitrogens is 1. The molecule has 19 heavy (non-hydrogen) atoms. The number of hydrogen-bond acceptors (Lipinski definition) is 3. The zero-order valence-corrected chi connectivity index (χ0v) is 11.9. The first kappa shape index (κ1) is 13.8. The van der Waals surface area contributed by atoms with Gasteiger partial charge in [-0.2, -0.15) is 0 Å². The molecule has 0 N–H and O–H groups in total.